The van der Waals surface area contributed by atoms with E-state index in [1.807, 2.05) is 0 Å². The predicted octanol–water partition coefficient (Wildman–Crippen LogP) is 8.52. The molecule has 3 heterocycles. The van der Waals surface area contributed by atoms with E-state index >= 15 is 0 Å². The van der Waals surface area contributed by atoms with Crippen LogP contribution in [0.25, 0.3) is 55.0 Å². The van der Waals surface area contributed by atoms with Gasteiger partial charge in [0, 0.05) is 32.6 Å². The molecule has 166 valence electrons. The Morgan fingerprint density at radius 2 is 1.00 bits per heavy atom. The Hall–Kier alpha value is -4.30. The van der Waals surface area contributed by atoms with Gasteiger partial charge in [-0.1, -0.05) is 86.6 Å². The largest absolute Gasteiger partial charge is 0.309 e. The molecule has 0 aliphatic carbocycles. The summed E-state index contributed by atoms with van der Waals surface area (Å²) < 4.78 is 4.93. The smallest absolute Gasteiger partial charge is 0.0583 e. The van der Waals surface area contributed by atoms with E-state index in [1.54, 1.807) is 0 Å². The van der Waals surface area contributed by atoms with E-state index < -0.39 is 0 Å². The van der Waals surface area contributed by atoms with Crippen molar-refractivity contribution in [3.63, 3.8) is 0 Å². The molecule has 0 N–H and O–H groups in total. The molecular weight excluding hydrogens is 424 g/mol. The van der Waals surface area contributed by atoms with Crippen LogP contribution in [0.5, 0.6) is 0 Å². The molecule has 0 bridgehead atoms. The minimum Gasteiger partial charge on any atom is -0.309 e. The van der Waals surface area contributed by atoms with Gasteiger partial charge >= 0.3 is 0 Å². The van der Waals surface area contributed by atoms with Crippen molar-refractivity contribution < 1.29 is 0 Å². The number of fused-ring (bicyclic) bond motifs is 8. The number of nitrogens with zero attached hydrogens (tertiary/aromatic N) is 2. The Kier molecular flexibility index (Phi) is 3.50. The third-order valence-corrected chi connectivity index (χ3v) is 8.08. The number of hydrogen-bond donors (Lipinski definition) is 0. The highest BCUT2D eigenvalue weighted by molar-refractivity contribution is 6.13. The Morgan fingerprint density at radius 3 is 1.66 bits per heavy atom. The zero-order valence-electron chi connectivity index (χ0n) is 19.8. The molecule has 2 nitrogen and oxygen atoms in total. The summed E-state index contributed by atoms with van der Waals surface area (Å²) in [6.07, 6.45) is 0. The molecular formula is C33H24N2. The van der Waals surface area contributed by atoms with Gasteiger partial charge in [-0.15, -0.1) is 0 Å². The van der Waals surface area contributed by atoms with E-state index in [0.717, 1.165) is 0 Å². The molecule has 0 saturated carbocycles. The van der Waals surface area contributed by atoms with Crippen LogP contribution in [0.2, 0.25) is 0 Å². The van der Waals surface area contributed by atoms with Crippen molar-refractivity contribution in [2.75, 3.05) is 0 Å². The lowest BCUT2D eigenvalue weighted by Gasteiger charge is -2.35. The summed E-state index contributed by atoms with van der Waals surface area (Å²) in [5.41, 5.74) is 10.2. The minimum atomic E-state index is -0.117. The Balaban J connectivity index is 1.60. The second-order valence-corrected chi connectivity index (χ2v) is 10.3. The van der Waals surface area contributed by atoms with E-state index in [0.29, 0.717) is 0 Å². The van der Waals surface area contributed by atoms with Gasteiger partial charge in [0.2, 0.25) is 0 Å². The van der Waals surface area contributed by atoms with Crippen LogP contribution in [-0.4, -0.2) is 9.13 Å². The SMILES string of the molecule is CC1(C)c2ccccc2-n2c3ccccc3c3cc(-n4c5ccccc5c5ccccc54)cc1c32. The molecule has 7 aromatic rings. The predicted molar refractivity (Wildman–Crippen MR) is 147 cm³/mol. The molecule has 0 fully saturated rings. The Morgan fingerprint density at radius 1 is 0.486 bits per heavy atom. The maximum absolute atomic E-state index is 2.48. The quantitative estimate of drug-likeness (QED) is 0.238. The van der Waals surface area contributed by atoms with E-state index in [-0.39, 0.29) is 5.41 Å². The average Bonchev–Trinajstić information content (AvgIpc) is 3.41. The topological polar surface area (TPSA) is 9.86 Å². The van der Waals surface area contributed by atoms with Crippen molar-refractivity contribution in [2.45, 2.75) is 19.3 Å². The molecule has 8 rings (SSSR count). The number of para-hydroxylation sites is 4. The van der Waals surface area contributed by atoms with Crippen LogP contribution in [0.4, 0.5) is 0 Å². The highest BCUT2D eigenvalue weighted by Crippen LogP contribution is 2.48. The highest BCUT2D eigenvalue weighted by Gasteiger charge is 2.35. The van der Waals surface area contributed by atoms with E-state index in [1.165, 1.54) is 66.1 Å². The first kappa shape index (κ1) is 19.1. The summed E-state index contributed by atoms with van der Waals surface area (Å²) in [5.74, 6) is 0. The van der Waals surface area contributed by atoms with E-state index in [4.69, 9.17) is 0 Å². The summed E-state index contributed by atoms with van der Waals surface area (Å²) in [6.45, 7) is 4.74. The van der Waals surface area contributed by atoms with Crippen LogP contribution >= 0.6 is 0 Å². The standard InChI is InChI=1S/C33H24N2/c1-33(2)26-14-6-10-18-31(26)35-30-17-9-5-13-24(30)25-19-21(20-27(33)32(25)35)34-28-15-7-3-11-22(28)23-12-4-8-16-29(23)34/h3-20H,1-2H3. The second-order valence-electron chi connectivity index (χ2n) is 10.3. The lowest BCUT2D eigenvalue weighted by molar-refractivity contribution is 0.630. The molecule has 35 heavy (non-hydrogen) atoms. The fourth-order valence-corrected chi connectivity index (χ4v) is 6.48. The Bertz CT molecular complexity index is 1930. The molecule has 2 heteroatoms. The third kappa shape index (κ3) is 2.29. The molecule has 0 unspecified atom stereocenters. The van der Waals surface area contributed by atoms with Crippen molar-refractivity contribution in [1.82, 2.24) is 9.13 Å². The summed E-state index contributed by atoms with van der Waals surface area (Å²) in [5, 5.41) is 5.21. The van der Waals surface area contributed by atoms with Gasteiger partial charge in [0.15, 0.2) is 0 Å². The molecule has 1 aliphatic rings. The molecule has 0 atom stereocenters. The summed E-state index contributed by atoms with van der Waals surface area (Å²) in [6, 6.07) is 40.1. The van der Waals surface area contributed by atoms with Gasteiger partial charge in [-0.25, -0.2) is 0 Å². The number of rotatable bonds is 1. The van der Waals surface area contributed by atoms with Gasteiger partial charge < -0.3 is 9.13 Å². The van der Waals surface area contributed by atoms with E-state index in [9.17, 15) is 0 Å². The van der Waals surface area contributed by atoms with Crippen molar-refractivity contribution in [1.29, 1.82) is 0 Å². The van der Waals surface area contributed by atoms with Gasteiger partial charge in [-0.05, 0) is 47.5 Å². The zero-order chi connectivity index (χ0) is 23.3. The maximum Gasteiger partial charge on any atom is 0.0583 e. The van der Waals surface area contributed by atoms with Gasteiger partial charge in [0.1, 0.15) is 0 Å². The molecule has 1 aliphatic heterocycles. The van der Waals surface area contributed by atoms with Crippen LogP contribution in [0.1, 0.15) is 25.0 Å². The number of aromatic nitrogens is 2. The fraction of sp³-hybridized carbons (Fsp3) is 0.0909. The summed E-state index contributed by atoms with van der Waals surface area (Å²) >= 11 is 0. The lowest BCUT2D eigenvalue weighted by Crippen LogP contribution is -2.26. The minimum absolute atomic E-state index is 0.117. The van der Waals surface area contributed by atoms with Gasteiger partial charge in [0.05, 0.1) is 27.8 Å². The lowest BCUT2D eigenvalue weighted by atomic mass is 9.74. The fourth-order valence-electron chi connectivity index (χ4n) is 6.48. The van der Waals surface area contributed by atoms with Crippen molar-refractivity contribution in [3.05, 3.63) is 120 Å². The first-order chi connectivity index (χ1) is 17.1. The van der Waals surface area contributed by atoms with Crippen LogP contribution in [0, 0.1) is 0 Å². The molecule has 5 aromatic carbocycles. The average molecular weight is 449 g/mol. The van der Waals surface area contributed by atoms with Crippen LogP contribution in [0.3, 0.4) is 0 Å². The third-order valence-electron chi connectivity index (χ3n) is 8.08. The first-order valence-corrected chi connectivity index (χ1v) is 12.3. The van der Waals surface area contributed by atoms with Gasteiger partial charge in [-0.3, -0.25) is 0 Å². The Labute approximate surface area is 203 Å². The van der Waals surface area contributed by atoms with Crippen molar-refractivity contribution in [2.24, 2.45) is 0 Å². The van der Waals surface area contributed by atoms with Crippen molar-refractivity contribution >= 4 is 43.6 Å². The molecule has 2 aromatic heterocycles. The van der Waals surface area contributed by atoms with E-state index in [2.05, 4.69) is 132 Å². The van der Waals surface area contributed by atoms with Crippen LogP contribution in [-0.2, 0) is 5.41 Å². The summed E-state index contributed by atoms with van der Waals surface area (Å²) in [4.78, 5) is 0. The molecule has 0 spiro atoms. The zero-order valence-corrected chi connectivity index (χ0v) is 19.8. The second kappa shape index (κ2) is 6.43. The van der Waals surface area contributed by atoms with Gasteiger partial charge in [0.25, 0.3) is 0 Å². The number of benzene rings is 5. The normalized spacial score (nSPS) is 14.2. The monoisotopic (exact) mass is 448 g/mol. The van der Waals surface area contributed by atoms with Gasteiger partial charge in [-0.2, -0.15) is 0 Å². The van der Waals surface area contributed by atoms with Crippen LogP contribution < -0.4 is 0 Å². The molecule has 0 amide bonds. The first-order valence-electron chi connectivity index (χ1n) is 12.3. The molecule has 0 saturated heterocycles. The highest BCUT2D eigenvalue weighted by atomic mass is 15.0. The molecule has 0 radical (unpaired) electrons. The maximum atomic E-state index is 2.48. The van der Waals surface area contributed by atoms with Crippen molar-refractivity contribution in [3.8, 4) is 11.4 Å². The number of hydrogen-bond acceptors (Lipinski definition) is 0. The summed E-state index contributed by atoms with van der Waals surface area (Å²) in [7, 11) is 0. The van der Waals surface area contributed by atoms with Crippen LogP contribution in [0.15, 0.2) is 109 Å².